The highest BCUT2D eigenvalue weighted by Crippen LogP contribution is 2.13. The zero-order valence-electron chi connectivity index (χ0n) is 10.0. The van der Waals surface area contributed by atoms with Gasteiger partial charge in [-0.25, -0.2) is 13.1 Å². The highest BCUT2D eigenvalue weighted by Gasteiger charge is 2.18. The third-order valence-electron chi connectivity index (χ3n) is 2.35. The number of nitrogen functional groups attached to an aromatic ring is 1. The van der Waals surface area contributed by atoms with Gasteiger partial charge in [0.05, 0.1) is 11.5 Å². The Kier molecular flexibility index (Phi) is 4.92. The highest BCUT2D eigenvalue weighted by molar-refractivity contribution is 7.89. The first-order valence-electron chi connectivity index (χ1n) is 5.36. The van der Waals surface area contributed by atoms with Crippen molar-refractivity contribution < 1.29 is 13.2 Å². The fourth-order valence-corrected chi connectivity index (χ4v) is 2.76. The Hall–Kier alpha value is -1.11. The number of rotatable bonds is 6. The Morgan fingerprint density at radius 2 is 2.18 bits per heavy atom. The minimum absolute atomic E-state index is 0.173. The molecule has 0 heterocycles. The summed E-state index contributed by atoms with van der Waals surface area (Å²) < 4.78 is 31.5. The monoisotopic (exact) mass is 258 g/mol. The molecule has 0 bridgehead atoms. The molecule has 0 radical (unpaired) electrons. The van der Waals surface area contributed by atoms with Crippen LogP contribution in [0.2, 0.25) is 0 Å². The number of anilines is 1. The van der Waals surface area contributed by atoms with Crippen LogP contribution in [-0.2, 0) is 14.8 Å². The Morgan fingerprint density at radius 1 is 1.47 bits per heavy atom. The summed E-state index contributed by atoms with van der Waals surface area (Å²) in [7, 11) is -1.99. The van der Waals surface area contributed by atoms with Crippen molar-refractivity contribution in [3.05, 3.63) is 24.3 Å². The number of hydrogen-bond donors (Lipinski definition) is 2. The largest absolute Gasteiger partial charge is 0.399 e. The number of hydrogen-bond acceptors (Lipinski definition) is 4. The molecule has 0 aromatic heterocycles. The third kappa shape index (κ3) is 3.99. The van der Waals surface area contributed by atoms with Crippen molar-refractivity contribution in [1.82, 2.24) is 4.72 Å². The molecule has 0 aliphatic carbocycles. The fraction of sp³-hybridized carbons (Fsp3) is 0.455. The van der Waals surface area contributed by atoms with E-state index in [1.807, 2.05) is 6.92 Å². The van der Waals surface area contributed by atoms with Gasteiger partial charge in [-0.05, 0) is 24.6 Å². The zero-order valence-corrected chi connectivity index (χ0v) is 10.8. The second kappa shape index (κ2) is 6.00. The second-order valence-electron chi connectivity index (χ2n) is 3.75. The number of methoxy groups -OCH3 is 1. The van der Waals surface area contributed by atoms with E-state index in [1.165, 1.54) is 19.2 Å². The Morgan fingerprint density at radius 3 is 2.71 bits per heavy atom. The van der Waals surface area contributed by atoms with Gasteiger partial charge in [0.2, 0.25) is 10.0 Å². The average Bonchev–Trinajstić information content (AvgIpc) is 2.28. The molecule has 6 heteroatoms. The lowest BCUT2D eigenvalue weighted by molar-refractivity contribution is 0.173. The van der Waals surface area contributed by atoms with Crippen LogP contribution in [0.4, 0.5) is 5.69 Å². The Bertz CT molecular complexity index is 460. The van der Waals surface area contributed by atoms with Crippen LogP contribution in [-0.4, -0.2) is 28.2 Å². The SMILES string of the molecule is CCC(COC)NS(=O)(=O)c1cccc(N)c1. The maximum atomic E-state index is 12.0. The van der Waals surface area contributed by atoms with Crippen molar-refractivity contribution in [2.24, 2.45) is 0 Å². The summed E-state index contributed by atoms with van der Waals surface area (Å²) in [5.74, 6) is 0. The molecule has 0 spiro atoms. The van der Waals surface area contributed by atoms with Crippen molar-refractivity contribution in [3.8, 4) is 0 Å². The summed E-state index contributed by atoms with van der Waals surface area (Å²) in [6.07, 6.45) is 0.662. The summed E-state index contributed by atoms with van der Waals surface area (Å²) in [6.45, 7) is 2.24. The molecular formula is C11H18N2O3S. The molecule has 3 N–H and O–H groups in total. The van der Waals surface area contributed by atoms with Gasteiger partial charge in [0.25, 0.3) is 0 Å². The predicted octanol–water partition coefficient (Wildman–Crippen LogP) is 0.972. The summed E-state index contributed by atoms with van der Waals surface area (Å²) in [4.78, 5) is 0.173. The molecule has 1 rings (SSSR count). The lowest BCUT2D eigenvalue weighted by Crippen LogP contribution is -2.37. The van der Waals surface area contributed by atoms with Gasteiger partial charge in [-0.15, -0.1) is 0 Å². The lowest BCUT2D eigenvalue weighted by atomic mass is 10.3. The van der Waals surface area contributed by atoms with Crippen LogP contribution in [0.3, 0.4) is 0 Å². The molecular weight excluding hydrogens is 240 g/mol. The molecule has 5 nitrogen and oxygen atoms in total. The first-order chi connectivity index (χ1) is 7.99. The molecule has 96 valence electrons. The zero-order chi connectivity index (χ0) is 12.9. The number of benzene rings is 1. The molecule has 0 aliphatic heterocycles. The average molecular weight is 258 g/mol. The van der Waals surface area contributed by atoms with Gasteiger partial charge in [0.15, 0.2) is 0 Å². The van der Waals surface area contributed by atoms with Crippen LogP contribution >= 0.6 is 0 Å². The molecule has 17 heavy (non-hydrogen) atoms. The van der Waals surface area contributed by atoms with Gasteiger partial charge in [-0.2, -0.15) is 0 Å². The molecule has 0 saturated carbocycles. The third-order valence-corrected chi connectivity index (χ3v) is 3.87. The van der Waals surface area contributed by atoms with Crippen molar-refractivity contribution >= 4 is 15.7 Å². The number of ether oxygens (including phenoxy) is 1. The predicted molar refractivity (Wildman–Crippen MR) is 67.1 cm³/mol. The summed E-state index contributed by atoms with van der Waals surface area (Å²) in [6, 6.07) is 5.97. The van der Waals surface area contributed by atoms with Crippen molar-refractivity contribution in [2.45, 2.75) is 24.3 Å². The Balaban J connectivity index is 2.88. The molecule has 1 aromatic rings. The van der Waals surface area contributed by atoms with E-state index < -0.39 is 10.0 Å². The smallest absolute Gasteiger partial charge is 0.240 e. The molecule has 0 saturated heterocycles. The first kappa shape index (κ1) is 14.0. The van der Waals surface area contributed by atoms with E-state index in [1.54, 1.807) is 12.1 Å². The normalized spacial score (nSPS) is 13.5. The van der Waals surface area contributed by atoms with Gasteiger partial charge in [-0.3, -0.25) is 0 Å². The van der Waals surface area contributed by atoms with Crippen molar-refractivity contribution in [3.63, 3.8) is 0 Å². The van der Waals surface area contributed by atoms with Crippen LogP contribution in [0.1, 0.15) is 13.3 Å². The molecule has 1 atom stereocenters. The van der Waals surface area contributed by atoms with Crippen LogP contribution in [0, 0.1) is 0 Å². The van der Waals surface area contributed by atoms with Crippen LogP contribution < -0.4 is 10.5 Å². The second-order valence-corrected chi connectivity index (χ2v) is 5.47. The van der Waals surface area contributed by atoms with Gasteiger partial charge in [0.1, 0.15) is 0 Å². The van der Waals surface area contributed by atoms with Crippen molar-refractivity contribution in [1.29, 1.82) is 0 Å². The fourth-order valence-electron chi connectivity index (χ4n) is 1.41. The minimum atomic E-state index is -3.53. The first-order valence-corrected chi connectivity index (χ1v) is 6.84. The Labute approximate surface area is 102 Å². The lowest BCUT2D eigenvalue weighted by Gasteiger charge is -2.16. The van der Waals surface area contributed by atoms with Gasteiger partial charge in [-0.1, -0.05) is 13.0 Å². The van der Waals surface area contributed by atoms with Crippen molar-refractivity contribution in [2.75, 3.05) is 19.5 Å². The molecule has 0 fully saturated rings. The molecule has 0 amide bonds. The highest BCUT2D eigenvalue weighted by atomic mass is 32.2. The van der Waals surface area contributed by atoms with E-state index >= 15 is 0 Å². The minimum Gasteiger partial charge on any atom is -0.399 e. The summed E-state index contributed by atoms with van der Waals surface area (Å²) >= 11 is 0. The summed E-state index contributed by atoms with van der Waals surface area (Å²) in [5.41, 5.74) is 5.98. The van der Waals surface area contributed by atoms with Gasteiger partial charge < -0.3 is 10.5 Å². The maximum absolute atomic E-state index is 12.0. The van der Waals surface area contributed by atoms with Crippen LogP contribution in [0.25, 0.3) is 0 Å². The van der Waals surface area contributed by atoms with E-state index in [0.717, 1.165) is 0 Å². The van der Waals surface area contributed by atoms with Gasteiger partial charge in [0, 0.05) is 18.8 Å². The summed E-state index contributed by atoms with van der Waals surface area (Å²) in [5, 5.41) is 0. The topological polar surface area (TPSA) is 81.4 Å². The van der Waals surface area contributed by atoms with E-state index in [2.05, 4.69) is 4.72 Å². The number of nitrogens with one attached hydrogen (secondary N) is 1. The standard InChI is InChI=1S/C11H18N2O3S/c1-3-10(8-16-2)13-17(14,15)11-6-4-5-9(12)7-11/h4-7,10,13H,3,8,12H2,1-2H3. The van der Waals surface area contributed by atoms with Gasteiger partial charge >= 0.3 is 0 Å². The molecule has 0 aliphatic rings. The quantitative estimate of drug-likeness (QED) is 0.745. The maximum Gasteiger partial charge on any atom is 0.240 e. The molecule has 1 unspecified atom stereocenters. The number of nitrogens with two attached hydrogens (primary N) is 1. The van der Waals surface area contributed by atoms with E-state index in [9.17, 15) is 8.42 Å². The van der Waals surface area contributed by atoms with E-state index in [0.29, 0.717) is 18.7 Å². The molecule has 1 aromatic carbocycles. The van der Waals surface area contributed by atoms with E-state index in [-0.39, 0.29) is 10.9 Å². The number of sulfonamides is 1. The van der Waals surface area contributed by atoms with Crippen LogP contribution in [0.15, 0.2) is 29.2 Å². The van der Waals surface area contributed by atoms with Crippen LogP contribution in [0.5, 0.6) is 0 Å². The van der Waals surface area contributed by atoms with E-state index in [4.69, 9.17) is 10.5 Å².